The normalized spacial score (nSPS) is 24.1. The molecule has 6 heteroatoms. The Morgan fingerprint density at radius 2 is 1.92 bits per heavy atom. The zero-order valence-corrected chi connectivity index (χ0v) is 15.8. The van der Waals surface area contributed by atoms with E-state index in [-0.39, 0.29) is 0 Å². The summed E-state index contributed by atoms with van der Waals surface area (Å²) in [4.78, 5) is 5.19. The Labute approximate surface area is 156 Å². The first-order valence-corrected chi connectivity index (χ1v) is 9.89. The van der Waals surface area contributed by atoms with Crippen LogP contribution < -0.4 is 0 Å². The molecule has 4 rings (SSSR count). The van der Waals surface area contributed by atoms with Crippen LogP contribution in [0, 0.1) is 5.41 Å². The molecule has 6 nitrogen and oxygen atoms in total. The van der Waals surface area contributed by atoms with E-state index in [1.807, 2.05) is 4.68 Å². The molecule has 0 aliphatic carbocycles. The van der Waals surface area contributed by atoms with Gasteiger partial charge in [-0.25, -0.2) is 4.68 Å². The Morgan fingerprint density at radius 1 is 1.12 bits per heavy atom. The third kappa shape index (κ3) is 4.13. The highest BCUT2D eigenvalue weighted by Crippen LogP contribution is 2.44. The average molecular weight is 355 g/mol. The van der Waals surface area contributed by atoms with E-state index in [0.29, 0.717) is 11.3 Å². The van der Waals surface area contributed by atoms with Crippen molar-refractivity contribution in [1.29, 1.82) is 0 Å². The molecular weight excluding hydrogens is 324 g/mol. The number of likely N-dealkylation sites (tertiary alicyclic amines) is 2. The minimum Gasteiger partial charge on any atom is -0.305 e. The largest absolute Gasteiger partial charge is 0.305 e. The Hall–Kier alpha value is -1.79. The first kappa shape index (κ1) is 17.6. The number of nitrogens with zero attached hydrogens (tertiary/aromatic N) is 6. The summed E-state index contributed by atoms with van der Waals surface area (Å²) in [5, 5.41) is 11.3. The van der Waals surface area contributed by atoms with E-state index in [1.54, 1.807) is 6.33 Å². The van der Waals surface area contributed by atoms with Gasteiger partial charge >= 0.3 is 0 Å². The van der Waals surface area contributed by atoms with E-state index in [4.69, 9.17) is 0 Å². The van der Waals surface area contributed by atoms with Crippen molar-refractivity contribution < 1.29 is 0 Å². The third-order valence-electron chi connectivity index (χ3n) is 6.26. The Kier molecular flexibility index (Phi) is 5.31. The van der Waals surface area contributed by atoms with E-state index in [1.165, 1.54) is 51.0 Å². The number of tetrazole rings is 1. The fraction of sp³-hybridized carbons (Fsp3) is 0.650. The van der Waals surface area contributed by atoms with Gasteiger partial charge in [0.15, 0.2) is 0 Å². The Balaban J connectivity index is 1.30. The number of hydrogen-bond acceptors (Lipinski definition) is 5. The second-order valence-corrected chi connectivity index (χ2v) is 8.28. The van der Waals surface area contributed by atoms with Gasteiger partial charge in [-0.15, -0.1) is 5.10 Å². The minimum atomic E-state index is 0.500. The molecule has 1 unspecified atom stereocenters. The minimum absolute atomic E-state index is 0.500. The lowest BCUT2D eigenvalue weighted by Gasteiger charge is -2.49. The molecule has 3 heterocycles. The maximum Gasteiger partial charge on any atom is 0.138 e. The fourth-order valence-electron chi connectivity index (χ4n) is 4.97. The average Bonchev–Trinajstić information content (AvgIpc) is 3.17. The van der Waals surface area contributed by atoms with Crippen molar-refractivity contribution in [3.8, 4) is 0 Å². The van der Waals surface area contributed by atoms with Gasteiger partial charge in [-0.2, -0.15) is 0 Å². The quantitative estimate of drug-likeness (QED) is 0.824. The first-order valence-electron chi connectivity index (χ1n) is 9.89. The number of piperidine rings is 2. The molecule has 2 fully saturated rings. The summed E-state index contributed by atoms with van der Waals surface area (Å²) in [6.07, 6.45) is 6.81. The van der Waals surface area contributed by atoms with Gasteiger partial charge in [-0.05, 0) is 79.7 Å². The molecule has 26 heavy (non-hydrogen) atoms. The van der Waals surface area contributed by atoms with Gasteiger partial charge < -0.3 is 9.80 Å². The molecule has 0 bridgehead atoms. The monoisotopic (exact) mass is 354 g/mol. The van der Waals surface area contributed by atoms with Crippen molar-refractivity contribution in [3.63, 3.8) is 0 Å². The highest BCUT2D eigenvalue weighted by molar-refractivity contribution is 5.21. The summed E-state index contributed by atoms with van der Waals surface area (Å²) in [5.41, 5.74) is 2.02. The molecule has 0 radical (unpaired) electrons. The van der Waals surface area contributed by atoms with E-state index in [9.17, 15) is 0 Å². The number of likely N-dealkylation sites (N-methyl/N-ethyl adjacent to an activating group) is 1. The molecule has 140 valence electrons. The smallest absolute Gasteiger partial charge is 0.138 e. The molecular formula is C20H30N6. The Bertz CT molecular complexity index is 663. The number of aromatic nitrogens is 4. The molecule has 1 atom stereocenters. The lowest BCUT2D eigenvalue weighted by atomic mass is 9.68. The molecule has 2 saturated heterocycles. The van der Waals surface area contributed by atoms with Crippen LogP contribution in [0.3, 0.4) is 0 Å². The number of rotatable bonds is 5. The molecule has 2 aliphatic rings. The standard InChI is InChI=1S/C20H30N6/c1-24-15-19(18-6-3-2-4-7-18)14-20(16-24)8-12-25(13-9-20)10-5-11-26-17-21-22-23-26/h2-4,6-7,17,19H,5,8-16H2,1H3. The SMILES string of the molecule is CN1CC(c2ccccc2)CC2(CCN(CCCn3cnnn3)CC2)C1. The van der Waals surface area contributed by atoms with Crippen LogP contribution in [-0.2, 0) is 6.54 Å². The van der Waals surface area contributed by atoms with E-state index < -0.39 is 0 Å². The predicted octanol–water partition coefficient (Wildman–Crippen LogP) is 2.26. The van der Waals surface area contributed by atoms with Crippen LogP contribution in [0.2, 0.25) is 0 Å². The summed E-state index contributed by atoms with van der Waals surface area (Å²) in [6.45, 7) is 6.97. The topological polar surface area (TPSA) is 50.1 Å². The second-order valence-electron chi connectivity index (χ2n) is 8.28. The van der Waals surface area contributed by atoms with Crippen LogP contribution in [-0.4, -0.2) is 69.8 Å². The maximum atomic E-state index is 3.94. The van der Waals surface area contributed by atoms with Gasteiger partial charge in [0, 0.05) is 19.6 Å². The van der Waals surface area contributed by atoms with Gasteiger partial charge in [-0.3, -0.25) is 0 Å². The zero-order chi connectivity index (χ0) is 17.8. The van der Waals surface area contributed by atoms with Crippen LogP contribution in [0.15, 0.2) is 36.7 Å². The predicted molar refractivity (Wildman–Crippen MR) is 102 cm³/mol. The Morgan fingerprint density at radius 3 is 2.65 bits per heavy atom. The van der Waals surface area contributed by atoms with Crippen molar-refractivity contribution in [2.24, 2.45) is 5.41 Å². The molecule has 0 saturated carbocycles. The van der Waals surface area contributed by atoms with Crippen LogP contribution in [0.25, 0.3) is 0 Å². The molecule has 1 aromatic carbocycles. The van der Waals surface area contributed by atoms with Crippen LogP contribution in [0.4, 0.5) is 0 Å². The van der Waals surface area contributed by atoms with Gasteiger partial charge in [0.25, 0.3) is 0 Å². The van der Waals surface area contributed by atoms with Crippen LogP contribution in [0.1, 0.15) is 37.2 Å². The first-order chi connectivity index (χ1) is 12.7. The van der Waals surface area contributed by atoms with Gasteiger partial charge in [0.2, 0.25) is 0 Å². The second kappa shape index (κ2) is 7.84. The number of hydrogen-bond donors (Lipinski definition) is 0. The van der Waals surface area contributed by atoms with Crippen LogP contribution in [0.5, 0.6) is 0 Å². The van der Waals surface area contributed by atoms with Crippen molar-refractivity contribution in [1.82, 2.24) is 30.0 Å². The van der Waals surface area contributed by atoms with E-state index >= 15 is 0 Å². The lowest BCUT2D eigenvalue weighted by molar-refractivity contribution is 0.0236. The number of benzene rings is 1. The van der Waals surface area contributed by atoms with Gasteiger partial charge in [0.05, 0.1) is 0 Å². The molecule has 1 aromatic heterocycles. The van der Waals surface area contributed by atoms with Crippen molar-refractivity contribution in [2.45, 2.75) is 38.1 Å². The molecule has 2 aliphatic heterocycles. The molecule has 0 N–H and O–H groups in total. The van der Waals surface area contributed by atoms with Crippen molar-refractivity contribution >= 4 is 0 Å². The van der Waals surface area contributed by atoms with E-state index in [2.05, 4.69) is 62.7 Å². The maximum absolute atomic E-state index is 3.94. The van der Waals surface area contributed by atoms with Crippen molar-refractivity contribution in [3.05, 3.63) is 42.2 Å². The van der Waals surface area contributed by atoms with Gasteiger partial charge in [-0.1, -0.05) is 30.3 Å². The summed E-state index contributed by atoms with van der Waals surface area (Å²) in [7, 11) is 2.30. The van der Waals surface area contributed by atoms with Gasteiger partial charge in [0.1, 0.15) is 6.33 Å². The molecule has 0 amide bonds. The zero-order valence-electron chi connectivity index (χ0n) is 15.8. The lowest BCUT2D eigenvalue weighted by Crippen LogP contribution is -2.50. The highest BCUT2D eigenvalue weighted by Gasteiger charge is 2.41. The summed E-state index contributed by atoms with van der Waals surface area (Å²) in [6, 6.07) is 11.1. The van der Waals surface area contributed by atoms with E-state index in [0.717, 1.165) is 19.5 Å². The number of aryl methyl sites for hydroxylation is 1. The third-order valence-corrected chi connectivity index (χ3v) is 6.26. The summed E-state index contributed by atoms with van der Waals surface area (Å²) < 4.78 is 1.83. The van der Waals surface area contributed by atoms with Crippen molar-refractivity contribution in [2.75, 3.05) is 39.8 Å². The molecule has 2 aromatic rings. The summed E-state index contributed by atoms with van der Waals surface area (Å²) >= 11 is 0. The fourth-order valence-corrected chi connectivity index (χ4v) is 4.97. The summed E-state index contributed by atoms with van der Waals surface area (Å²) in [5.74, 6) is 0.682. The molecule has 1 spiro atoms. The van der Waals surface area contributed by atoms with Crippen LogP contribution >= 0.6 is 0 Å². The highest BCUT2D eigenvalue weighted by atomic mass is 15.5.